The number of thiophene rings is 1. The summed E-state index contributed by atoms with van der Waals surface area (Å²) in [7, 11) is 0. The molecule has 0 aliphatic carbocycles. The molecule has 1 spiro atoms. The Bertz CT molecular complexity index is 1530. The van der Waals surface area contributed by atoms with E-state index in [1.165, 1.54) is 23.1 Å². The number of pyridine rings is 1. The van der Waals surface area contributed by atoms with Gasteiger partial charge in [0.2, 0.25) is 6.17 Å². The lowest BCUT2D eigenvalue weighted by Crippen LogP contribution is -2.52. The van der Waals surface area contributed by atoms with Gasteiger partial charge in [-0.15, -0.1) is 0 Å². The van der Waals surface area contributed by atoms with Crippen LogP contribution in [0, 0.1) is 5.82 Å². The smallest absolute Gasteiger partial charge is 0.412 e. The van der Waals surface area contributed by atoms with Crippen molar-refractivity contribution in [1.82, 2.24) is 9.88 Å². The van der Waals surface area contributed by atoms with Crippen molar-refractivity contribution < 1.29 is 41.4 Å². The molecule has 1 aromatic carbocycles. The number of hydrogen-bond donors (Lipinski definition) is 1. The van der Waals surface area contributed by atoms with Crippen LogP contribution in [0.1, 0.15) is 72.6 Å². The number of nitrogens with zero attached hydrogens (tertiary/aromatic N) is 2. The second-order valence-electron chi connectivity index (χ2n) is 11.1. The number of fused-ring (bicyclic) bond motifs is 2. The first-order chi connectivity index (χ1) is 19.2. The summed E-state index contributed by atoms with van der Waals surface area (Å²) in [5, 5.41) is 2.90. The summed E-state index contributed by atoms with van der Waals surface area (Å²) in [5.41, 5.74) is -1.92. The van der Waals surface area contributed by atoms with E-state index in [2.05, 4.69) is 10.3 Å². The molecule has 3 aromatic rings. The third kappa shape index (κ3) is 5.85. The van der Waals surface area contributed by atoms with Gasteiger partial charge < -0.3 is 14.4 Å². The zero-order chi connectivity index (χ0) is 29.7. The fourth-order valence-corrected chi connectivity index (χ4v) is 6.05. The number of halogens is 4. The summed E-state index contributed by atoms with van der Waals surface area (Å²) in [6, 6.07) is 6.21. The monoisotopic (exact) mass is 593 g/mol. The predicted molar refractivity (Wildman–Crippen MR) is 143 cm³/mol. The molecular formula is C28H27F4N3O5S. The van der Waals surface area contributed by atoms with Crippen molar-refractivity contribution in [3.63, 3.8) is 0 Å². The third-order valence-corrected chi connectivity index (χ3v) is 7.94. The maximum Gasteiger partial charge on any atom is 0.412 e. The predicted octanol–water partition coefficient (Wildman–Crippen LogP) is 6.70. The average Bonchev–Trinajstić information content (AvgIpc) is 3.24. The Morgan fingerprint density at radius 3 is 2.51 bits per heavy atom. The van der Waals surface area contributed by atoms with Crippen molar-refractivity contribution in [2.75, 3.05) is 18.4 Å². The fraction of sp³-hybridized carbons (Fsp3) is 0.429. The summed E-state index contributed by atoms with van der Waals surface area (Å²) in [6.45, 7) is 5.41. The van der Waals surface area contributed by atoms with Gasteiger partial charge in [0.25, 0.3) is 12.3 Å². The van der Waals surface area contributed by atoms with Crippen molar-refractivity contribution in [3.8, 4) is 5.75 Å². The molecule has 218 valence electrons. The Morgan fingerprint density at radius 2 is 1.85 bits per heavy atom. The topological polar surface area (TPSA) is 97.8 Å². The molecule has 0 radical (unpaired) electrons. The van der Waals surface area contributed by atoms with Crippen LogP contribution in [0.4, 0.5) is 27.4 Å². The highest BCUT2D eigenvalue weighted by Gasteiger charge is 2.44. The van der Waals surface area contributed by atoms with Gasteiger partial charge >= 0.3 is 6.09 Å². The number of alkyl halides is 3. The molecule has 5 rings (SSSR count). The number of carbonyl (C=O) groups excluding carboxylic acids is 3. The van der Waals surface area contributed by atoms with Crippen molar-refractivity contribution in [1.29, 1.82) is 0 Å². The van der Waals surface area contributed by atoms with Crippen molar-refractivity contribution >= 4 is 44.3 Å². The van der Waals surface area contributed by atoms with Crippen LogP contribution in [0.25, 0.3) is 10.2 Å². The lowest BCUT2D eigenvalue weighted by Gasteiger charge is -2.44. The molecule has 13 heteroatoms. The highest BCUT2D eigenvalue weighted by molar-refractivity contribution is 7.23. The van der Waals surface area contributed by atoms with E-state index in [9.17, 15) is 31.9 Å². The number of hydrogen-bond acceptors (Lipinski definition) is 7. The Labute approximate surface area is 236 Å². The number of nitrogens with one attached hydrogen (secondary N) is 1. The number of rotatable bonds is 4. The Hall–Kier alpha value is -3.74. The largest absolute Gasteiger partial charge is 0.486 e. The number of anilines is 1. The minimum absolute atomic E-state index is 0.0412. The number of amides is 2. The van der Waals surface area contributed by atoms with Crippen LogP contribution in [0.15, 0.2) is 30.3 Å². The summed E-state index contributed by atoms with van der Waals surface area (Å²) in [4.78, 5) is 44.8. The third-order valence-electron chi connectivity index (χ3n) is 6.92. The van der Waals surface area contributed by atoms with Crippen LogP contribution in [0.3, 0.4) is 0 Å². The average molecular weight is 594 g/mol. The molecular weight excluding hydrogens is 566 g/mol. The molecule has 1 saturated heterocycles. The van der Waals surface area contributed by atoms with Gasteiger partial charge in [0.1, 0.15) is 32.6 Å². The zero-order valence-electron chi connectivity index (χ0n) is 22.4. The molecule has 1 fully saturated rings. The Morgan fingerprint density at radius 1 is 1.15 bits per heavy atom. The molecule has 1 unspecified atom stereocenters. The van der Waals surface area contributed by atoms with E-state index in [1.54, 1.807) is 20.8 Å². The summed E-state index contributed by atoms with van der Waals surface area (Å²) < 4.78 is 65.1. The number of Topliss-reactive ketones (excluding diaryl/α,β-unsaturated/α-hetero) is 1. The number of benzene rings is 1. The molecule has 2 amide bonds. The van der Waals surface area contributed by atoms with Crippen molar-refractivity contribution in [2.45, 2.75) is 63.8 Å². The van der Waals surface area contributed by atoms with E-state index in [0.717, 1.165) is 23.5 Å². The fourth-order valence-electron chi connectivity index (χ4n) is 4.99. The van der Waals surface area contributed by atoms with Gasteiger partial charge in [0, 0.05) is 31.3 Å². The number of ether oxygens (including phenoxy) is 2. The van der Waals surface area contributed by atoms with Gasteiger partial charge in [-0.3, -0.25) is 14.9 Å². The molecule has 8 nitrogen and oxygen atoms in total. The number of likely N-dealkylation sites (tertiary alicyclic amines) is 1. The minimum atomic E-state index is -3.28. The van der Waals surface area contributed by atoms with Crippen LogP contribution in [0.2, 0.25) is 0 Å². The van der Waals surface area contributed by atoms with E-state index in [1.807, 2.05) is 0 Å². The molecule has 1 atom stereocenters. The summed E-state index contributed by atoms with van der Waals surface area (Å²) in [5.74, 6) is -0.947. The minimum Gasteiger partial charge on any atom is -0.486 e. The number of carbonyl (C=O) groups is 3. The first kappa shape index (κ1) is 28.8. The van der Waals surface area contributed by atoms with E-state index < -0.39 is 47.3 Å². The van der Waals surface area contributed by atoms with Crippen LogP contribution in [-0.4, -0.2) is 58.4 Å². The van der Waals surface area contributed by atoms with Crippen molar-refractivity contribution in [3.05, 3.63) is 53.0 Å². The number of aromatic nitrogens is 1. The van der Waals surface area contributed by atoms with Gasteiger partial charge in [0.05, 0.1) is 23.2 Å². The van der Waals surface area contributed by atoms with Gasteiger partial charge in [0.15, 0.2) is 5.78 Å². The van der Waals surface area contributed by atoms with Crippen molar-refractivity contribution in [2.24, 2.45) is 0 Å². The first-order valence-electron chi connectivity index (χ1n) is 12.9. The number of ketones is 1. The van der Waals surface area contributed by atoms with E-state index in [4.69, 9.17) is 9.47 Å². The van der Waals surface area contributed by atoms with Gasteiger partial charge in [-0.25, -0.2) is 27.3 Å². The SMILES string of the molecule is CC(C)(C)OC(=O)Nc1sc2nc(C(F)C(F)F)ccc2c1C(=O)N1CCC2(CC1)CC(=O)c1cc(F)ccc1O2. The van der Waals surface area contributed by atoms with Crippen LogP contribution in [0.5, 0.6) is 5.75 Å². The molecule has 2 aliphatic heterocycles. The second kappa shape index (κ2) is 10.6. The van der Waals surface area contributed by atoms with E-state index in [0.29, 0.717) is 18.6 Å². The molecule has 2 aromatic heterocycles. The van der Waals surface area contributed by atoms with Crippen LogP contribution >= 0.6 is 11.3 Å². The second-order valence-corrected chi connectivity index (χ2v) is 12.1. The summed E-state index contributed by atoms with van der Waals surface area (Å²) in [6.07, 6.45) is -6.05. The maximum atomic E-state index is 14.0. The normalized spacial score (nSPS) is 17.4. The Kier molecular flexibility index (Phi) is 7.43. The zero-order valence-corrected chi connectivity index (χ0v) is 23.2. The number of piperidine rings is 1. The van der Waals surface area contributed by atoms with Gasteiger partial charge in [-0.2, -0.15) is 0 Å². The lowest BCUT2D eigenvalue weighted by molar-refractivity contribution is -0.00573. The molecule has 4 heterocycles. The van der Waals surface area contributed by atoms with E-state index >= 15 is 0 Å². The Balaban J connectivity index is 1.42. The molecule has 1 N–H and O–H groups in total. The van der Waals surface area contributed by atoms with Gasteiger partial charge in [-0.05, 0) is 51.1 Å². The van der Waals surface area contributed by atoms with Crippen LogP contribution < -0.4 is 10.1 Å². The standard InChI is InChI=1S/C28H27F4N3O5S/c1-27(2,3)40-26(38)34-24-20(15-5-6-17(21(30)22(31)32)33-23(15)41-24)25(37)35-10-8-28(9-11-35)13-18(36)16-12-14(29)4-7-19(16)39-28/h4-7,12,21-22H,8-11,13H2,1-3H3,(H,34,38). The maximum absolute atomic E-state index is 14.0. The highest BCUT2D eigenvalue weighted by Crippen LogP contribution is 2.42. The van der Waals surface area contributed by atoms with Crippen LogP contribution in [-0.2, 0) is 4.74 Å². The highest BCUT2D eigenvalue weighted by atomic mass is 32.1. The molecule has 41 heavy (non-hydrogen) atoms. The quantitative estimate of drug-likeness (QED) is 0.338. The van der Waals surface area contributed by atoms with Gasteiger partial charge in [-0.1, -0.05) is 11.3 Å². The van der Waals surface area contributed by atoms with E-state index in [-0.39, 0.29) is 51.6 Å². The molecule has 2 aliphatic rings. The molecule has 0 bridgehead atoms. The summed E-state index contributed by atoms with van der Waals surface area (Å²) >= 11 is 0.847. The molecule has 0 saturated carbocycles. The lowest BCUT2D eigenvalue weighted by atomic mass is 9.82. The first-order valence-corrected chi connectivity index (χ1v) is 13.7.